The lowest BCUT2D eigenvalue weighted by molar-refractivity contribution is -0.136. The number of carbonyl (C=O) groups excluding carboxylic acids is 1. The van der Waals surface area contributed by atoms with Crippen LogP contribution >= 0.6 is 34.5 Å². The predicted octanol–water partition coefficient (Wildman–Crippen LogP) is 4.68. The van der Waals surface area contributed by atoms with Crippen LogP contribution in [0.3, 0.4) is 0 Å². The van der Waals surface area contributed by atoms with Crippen molar-refractivity contribution in [2.24, 2.45) is 4.99 Å². The molecule has 12 heteroatoms. The number of halogens is 2. The molecular formula is C28H20Cl2N2O7S. The number of ether oxygens (including phenoxy) is 2. The summed E-state index contributed by atoms with van der Waals surface area (Å²) in [6, 6.07) is 11.6. The van der Waals surface area contributed by atoms with Crippen LogP contribution < -0.4 is 19.6 Å². The summed E-state index contributed by atoms with van der Waals surface area (Å²) >= 11 is 13.7. The van der Waals surface area contributed by atoms with Crippen LogP contribution in [0.1, 0.15) is 34.6 Å². The molecule has 3 heterocycles. The normalized spacial score (nSPS) is 15.0. The highest BCUT2D eigenvalue weighted by Gasteiger charge is 2.35. The summed E-state index contributed by atoms with van der Waals surface area (Å²) in [5.74, 6) is -0.649. The first-order valence-corrected chi connectivity index (χ1v) is 13.3. The van der Waals surface area contributed by atoms with Gasteiger partial charge in [-0.15, -0.1) is 0 Å². The fourth-order valence-corrected chi connectivity index (χ4v) is 5.88. The van der Waals surface area contributed by atoms with E-state index in [-0.39, 0.29) is 15.7 Å². The van der Waals surface area contributed by atoms with Gasteiger partial charge in [0.1, 0.15) is 23.3 Å². The number of furan rings is 1. The molecule has 0 aliphatic carbocycles. The third-order valence-corrected chi connectivity index (χ3v) is 7.84. The Labute approximate surface area is 240 Å². The standard InChI is InChI=1S/C28H20Cl2N2O7S/c1-13-23(27(36)38-3)24(18-11-15(29)5-8-20(18)37-2)32-25(33)22(40-28(32)31-13)12-16-6-9-21(39-16)17-10-14(26(34)35)4-7-19(17)30/h4-12,24H,1-3H3,(H,34,35)/b22-12-/t24-/m0/s1. The van der Waals surface area contributed by atoms with Crippen molar-refractivity contribution < 1.29 is 28.6 Å². The first-order chi connectivity index (χ1) is 19.1. The number of methoxy groups -OCH3 is 2. The molecule has 2 aromatic heterocycles. The van der Waals surface area contributed by atoms with E-state index in [0.717, 1.165) is 11.3 Å². The molecular weight excluding hydrogens is 579 g/mol. The molecule has 1 aliphatic rings. The zero-order valence-corrected chi connectivity index (χ0v) is 23.6. The van der Waals surface area contributed by atoms with E-state index in [9.17, 15) is 19.5 Å². The number of fused-ring (bicyclic) bond motifs is 1. The summed E-state index contributed by atoms with van der Waals surface area (Å²) in [6.45, 7) is 1.67. The van der Waals surface area contributed by atoms with E-state index in [1.165, 1.54) is 37.0 Å². The first kappa shape index (κ1) is 27.4. The molecule has 0 saturated heterocycles. The highest BCUT2D eigenvalue weighted by Crippen LogP contribution is 2.37. The number of rotatable bonds is 6. The van der Waals surface area contributed by atoms with Crippen molar-refractivity contribution >= 4 is 52.6 Å². The van der Waals surface area contributed by atoms with Gasteiger partial charge in [-0.05, 0) is 55.5 Å². The van der Waals surface area contributed by atoms with Gasteiger partial charge in [0.25, 0.3) is 5.56 Å². The fourth-order valence-electron chi connectivity index (χ4n) is 4.46. The average molecular weight is 599 g/mol. The number of hydrogen-bond donors (Lipinski definition) is 1. The molecule has 0 amide bonds. The van der Waals surface area contributed by atoms with Crippen LogP contribution in [-0.2, 0) is 9.53 Å². The Kier molecular flexibility index (Phi) is 7.41. The van der Waals surface area contributed by atoms with Gasteiger partial charge in [0.05, 0.1) is 40.6 Å². The Balaban J connectivity index is 1.67. The van der Waals surface area contributed by atoms with Crippen molar-refractivity contribution in [2.45, 2.75) is 13.0 Å². The van der Waals surface area contributed by atoms with E-state index in [4.69, 9.17) is 37.1 Å². The SMILES string of the molecule is COC(=O)C1=C(C)N=c2s/c(=C\c3ccc(-c4cc(C(=O)O)ccc4Cl)o3)c(=O)n2[C@H]1c1cc(Cl)ccc1OC. The highest BCUT2D eigenvalue weighted by atomic mass is 35.5. The van der Waals surface area contributed by atoms with Crippen LogP contribution in [0, 0.1) is 0 Å². The molecule has 0 unspecified atom stereocenters. The van der Waals surface area contributed by atoms with Gasteiger partial charge in [0.15, 0.2) is 4.80 Å². The molecule has 0 bridgehead atoms. The number of benzene rings is 2. The van der Waals surface area contributed by atoms with Crippen LogP contribution in [0.5, 0.6) is 5.75 Å². The van der Waals surface area contributed by atoms with Gasteiger partial charge in [-0.3, -0.25) is 9.36 Å². The second-order valence-corrected chi connectivity index (χ2v) is 10.5. The van der Waals surface area contributed by atoms with Gasteiger partial charge in [-0.1, -0.05) is 34.5 Å². The van der Waals surface area contributed by atoms with Gasteiger partial charge in [-0.2, -0.15) is 0 Å². The topological polar surface area (TPSA) is 120 Å². The third kappa shape index (κ3) is 4.85. The first-order valence-electron chi connectivity index (χ1n) is 11.7. The van der Waals surface area contributed by atoms with Crippen LogP contribution in [0.25, 0.3) is 17.4 Å². The van der Waals surface area contributed by atoms with E-state index >= 15 is 0 Å². The van der Waals surface area contributed by atoms with E-state index in [1.54, 1.807) is 43.3 Å². The maximum Gasteiger partial charge on any atom is 0.338 e. The van der Waals surface area contributed by atoms with Crippen LogP contribution in [0.2, 0.25) is 10.0 Å². The lowest BCUT2D eigenvalue weighted by Gasteiger charge is -2.25. The summed E-state index contributed by atoms with van der Waals surface area (Å²) in [6.07, 6.45) is 1.55. The second-order valence-electron chi connectivity index (χ2n) is 8.66. The fraction of sp³-hybridized carbons (Fsp3) is 0.143. The van der Waals surface area contributed by atoms with Gasteiger partial charge >= 0.3 is 11.9 Å². The van der Waals surface area contributed by atoms with Crippen LogP contribution in [-0.4, -0.2) is 35.8 Å². The minimum atomic E-state index is -1.10. The number of carbonyl (C=O) groups is 2. The maximum absolute atomic E-state index is 13.8. The van der Waals surface area contributed by atoms with E-state index in [1.807, 2.05) is 0 Å². The number of aromatic carboxylic acids is 1. The van der Waals surface area contributed by atoms with Crippen LogP contribution in [0.4, 0.5) is 0 Å². The molecule has 204 valence electrons. The second kappa shape index (κ2) is 10.8. The predicted molar refractivity (Wildman–Crippen MR) is 150 cm³/mol. The van der Waals surface area contributed by atoms with E-state index < -0.39 is 23.5 Å². The van der Waals surface area contributed by atoms with E-state index in [2.05, 4.69) is 4.99 Å². The lowest BCUT2D eigenvalue weighted by Crippen LogP contribution is -2.40. The smallest absolute Gasteiger partial charge is 0.338 e. The molecule has 1 aliphatic heterocycles. The van der Waals surface area contributed by atoms with Crippen LogP contribution in [0.15, 0.2) is 74.0 Å². The Morgan fingerprint density at radius 2 is 1.90 bits per heavy atom. The number of esters is 1. The molecule has 2 aromatic carbocycles. The number of aromatic nitrogens is 1. The van der Waals surface area contributed by atoms with Crippen molar-refractivity contribution in [2.75, 3.05) is 14.2 Å². The van der Waals surface area contributed by atoms with Gasteiger partial charge in [-0.25, -0.2) is 14.6 Å². The summed E-state index contributed by atoms with van der Waals surface area (Å²) in [7, 11) is 2.74. The van der Waals surface area contributed by atoms with Crippen molar-refractivity contribution in [3.63, 3.8) is 0 Å². The van der Waals surface area contributed by atoms with Crippen molar-refractivity contribution in [3.05, 3.63) is 106 Å². The molecule has 0 spiro atoms. The molecule has 1 atom stereocenters. The van der Waals surface area contributed by atoms with Gasteiger partial charge < -0.3 is 19.0 Å². The molecule has 5 rings (SSSR count). The monoisotopic (exact) mass is 598 g/mol. The summed E-state index contributed by atoms with van der Waals surface area (Å²) < 4.78 is 18.2. The number of thiazole rings is 1. The minimum absolute atomic E-state index is 0.0545. The quantitative estimate of drug-likeness (QED) is 0.320. The number of hydrogen-bond acceptors (Lipinski definition) is 8. The number of nitrogens with zero attached hydrogens (tertiary/aromatic N) is 2. The van der Waals surface area contributed by atoms with Crippen molar-refractivity contribution in [1.29, 1.82) is 0 Å². The molecule has 9 nitrogen and oxygen atoms in total. The highest BCUT2D eigenvalue weighted by molar-refractivity contribution is 7.07. The molecule has 4 aromatic rings. The minimum Gasteiger partial charge on any atom is -0.496 e. The number of allylic oxidation sites excluding steroid dienone is 1. The van der Waals surface area contributed by atoms with Gasteiger partial charge in [0, 0.05) is 22.2 Å². The van der Waals surface area contributed by atoms with Crippen molar-refractivity contribution in [3.8, 4) is 17.1 Å². The lowest BCUT2D eigenvalue weighted by atomic mass is 9.95. The van der Waals surface area contributed by atoms with Crippen molar-refractivity contribution in [1.82, 2.24) is 4.57 Å². The summed E-state index contributed by atoms with van der Waals surface area (Å²) in [5.41, 5.74) is 1.09. The molecule has 0 radical (unpaired) electrons. The Bertz CT molecular complexity index is 1900. The molecule has 40 heavy (non-hydrogen) atoms. The Morgan fingerprint density at radius 1 is 1.12 bits per heavy atom. The molecule has 0 saturated carbocycles. The summed E-state index contributed by atoms with van der Waals surface area (Å²) in [5, 5.41) is 10.0. The zero-order valence-electron chi connectivity index (χ0n) is 21.2. The molecule has 0 fully saturated rings. The number of carboxylic acid groups (broad SMARTS) is 1. The van der Waals surface area contributed by atoms with Gasteiger partial charge in [0.2, 0.25) is 0 Å². The van der Waals surface area contributed by atoms with E-state index in [0.29, 0.717) is 48.9 Å². The summed E-state index contributed by atoms with van der Waals surface area (Å²) in [4.78, 5) is 43.0. The number of carboxylic acids is 1. The Morgan fingerprint density at radius 3 is 2.60 bits per heavy atom. The molecule has 1 N–H and O–H groups in total. The zero-order chi connectivity index (χ0) is 28.7. The maximum atomic E-state index is 13.8. The largest absolute Gasteiger partial charge is 0.496 e. The average Bonchev–Trinajstić information content (AvgIpc) is 3.51. The third-order valence-electron chi connectivity index (χ3n) is 6.29. The Hall–Kier alpha value is -4.12.